The number of amides is 1. The predicted octanol–water partition coefficient (Wildman–Crippen LogP) is 3.92. The van der Waals surface area contributed by atoms with E-state index in [1.54, 1.807) is 0 Å². The molecule has 1 aromatic heterocycles. The zero-order valence-electron chi connectivity index (χ0n) is 17.8. The predicted molar refractivity (Wildman–Crippen MR) is 125 cm³/mol. The minimum atomic E-state index is -0.411. The van der Waals surface area contributed by atoms with Gasteiger partial charge in [-0.1, -0.05) is 12.1 Å². The molecule has 0 radical (unpaired) electrons. The van der Waals surface area contributed by atoms with Crippen molar-refractivity contribution in [1.82, 2.24) is 14.5 Å². The van der Waals surface area contributed by atoms with Gasteiger partial charge >= 0.3 is 0 Å². The third kappa shape index (κ3) is 4.93. The maximum atomic E-state index is 13.1. The molecule has 1 aromatic carbocycles. The van der Waals surface area contributed by atoms with E-state index < -0.39 is 6.04 Å². The highest BCUT2D eigenvalue weighted by Crippen LogP contribution is 2.32. The van der Waals surface area contributed by atoms with Crippen LogP contribution in [0.5, 0.6) is 0 Å². The number of aromatic nitrogens is 2. The Morgan fingerprint density at radius 3 is 2.57 bits per heavy atom. The first kappa shape index (κ1) is 24.9. The fourth-order valence-corrected chi connectivity index (χ4v) is 4.77. The number of rotatable bonds is 4. The van der Waals surface area contributed by atoms with Crippen molar-refractivity contribution in [3.05, 3.63) is 30.1 Å². The SMILES string of the molecule is CC(C)n1c(C2CCCN(C(=O)C(N)C3CCOCC3)C2)nc2ccccc21.Cl.Cl. The highest BCUT2D eigenvalue weighted by molar-refractivity contribution is 5.85. The molecule has 2 N–H and O–H groups in total. The number of likely N-dealkylation sites (tertiary alicyclic amines) is 1. The lowest BCUT2D eigenvalue weighted by Crippen LogP contribution is -2.51. The van der Waals surface area contributed by atoms with Crippen molar-refractivity contribution in [2.45, 2.75) is 57.5 Å². The molecule has 0 aliphatic carbocycles. The largest absolute Gasteiger partial charge is 0.381 e. The molecule has 0 bridgehead atoms. The van der Waals surface area contributed by atoms with Gasteiger partial charge in [0.05, 0.1) is 17.1 Å². The van der Waals surface area contributed by atoms with Gasteiger partial charge in [0.2, 0.25) is 5.91 Å². The van der Waals surface area contributed by atoms with Crippen LogP contribution < -0.4 is 5.73 Å². The highest BCUT2D eigenvalue weighted by atomic mass is 35.5. The molecule has 2 fully saturated rings. The number of para-hydroxylation sites is 2. The van der Waals surface area contributed by atoms with Gasteiger partial charge in [0, 0.05) is 38.3 Å². The van der Waals surface area contributed by atoms with Crippen molar-refractivity contribution >= 4 is 41.8 Å². The van der Waals surface area contributed by atoms with Crippen LogP contribution in [0.25, 0.3) is 11.0 Å². The Hall–Kier alpha value is -1.34. The number of carbonyl (C=O) groups is 1. The number of hydrogen-bond acceptors (Lipinski definition) is 4. The fraction of sp³-hybridized carbons (Fsp3) is 0.636. The van der Waals surface area contributed by atoms with E-state index in [1.807, 2.05) is 11.0 Å². The van der Waals surface area contributed by atoms with Crippen molar-refractivity contribution in [3.63, 3.8) is 0 Å². The number of halogens is 2. The molecule has 0 spiro atoms. The summed E-state index contributed by atoms with van der Waals surface area (Å²) in [6.45, 7) is 7.34. The Bertz CT molecular complexity index is 836. The summed E-state index contributed by atoms with van der Waals surface area (Å²) in [6.07, 6.45) is 3.82. The van der Waals surface area contributed by atoms with Gasteiger partial charge in [-0.25, -0.2) is 4.98 Å². The van der Waals surface area contributed by atoms with E-state index in [2.05, 4.69) is 36.6 Å². The Morgan fingerprint density at radius 2 is 1.87 bits per heavy atom. The Labute approximate surface area is 191 Å². The summed E-state index contributed by atoms with van der Waals surface area (Å²) < 4.78 is 7.76. The van der Waals surface area contributed by atoms with Gasteiger partial charge in [0.25, 0.3) is 0 Å². The second kappa shape index (κ2) is 10.8. The van der Waals surface area contributed by atoms with Gasteiger partial charge in [0.1, 0.15) is 5.82 Å². The van der Waals surface area contributed by atoms with Crippen LogP contribution in [0.3, 0.4) is 0 Å². The molecular weight excluding hydrogens is 423 g/mol. The van der Waals surface area contributed by atoms with Crippen LogP contribution in [0.15, 0.2) is 24.3 Å². The number of piperidine rings is 1. The third-order valence-corrected chi connectivity index (χ3v) is 6.30. The van der Waals surface area contributed by atoms with Crippen molar-refractivity contribution in [2.24, 2.45) is 11.7 Å². The molecule has 3 heterocycles. The van der Waals surface area contributed by atoms with Crippen molar-refractivity contribution < 1.29 is 9.53 Å². The molecule has 168 valence electrons. The van der Waals surface area contributed by atoms with Crippen LogP contribution in [0, 0.1) is 5.92 Å². The summed E-state index contributed by atoms with van der Waals surface area (Å²) in [5.41, 5.74) is 8.59. The van der Waals surface area contributed by atoms with E-state index in [9.17, 15) is 4.79 Å². The van der Waals surface area contributed by atoms with Crippen LogP contribution in [0.4, 0.5) is 0 Å². The number of imidazole rings is 1. The van der Waals surface area contributed by atoms with Gasteiger partial charge in [-0.3, -0.25) is 4.79 Å². The van der Waals surface area contributed by atoms with Gasteiger partial charge in [-0.15, -0.1) is 24.8 Å². The normalized spacial score (nSPS) is 21.2. The smallest absolute Gasteiger partial charge is 0.239 e. The monoisotopic (exact) mass is 456 g/mol. The number of hydrogen-bond donors (Lipinski definition) is 1. The summed E-state index contributed by atoms with van der Waals surface area (Å²) in [7, 11) is 0. The van der Waals surface area contributed by atoms with Gasteiger partial charge in [-0.2, -0.15) is 0 Å². The molecule has 2 aliphatic heterocycles. The molecule has 6 nitrogen and oxygen atoms in total. The number of nitrogens with two attached hydrogens (primary N) is 1. The molecule has 1 amide bonds. The first-order valence-corrected chi connectivity index (χ1v) is 10.6. The molecule has 4 rings (SSSR count). The average molecular weight is 457 g/mol. The minimum Gasteiger partial charge on any atom is -0.381 e. The Morgan fingerprint density at radius 1 is 1.17 bits per heavy atom. The summed E-state index contributed by atoms with van der Waals surface area (Å²) in [5.74, 6) is 1.70. The minimum absolute atomic E-state index is 0. The molecular formula is C22H34Cl2N4O2. The lowest BCUT2D eigenvalue weighted by Gasteiger charge is -2.36. The number of ether oxygens (including phenoxy) is 1. The van der Waals surface area contributed by atoms with Crippen LogP contribution in [-0.2, 0) is 9.53 Å². The van der Waals surface area contributed by atoms with Crippen molar-refractivity contribution in [3.8, 4) is 0 Å². The molecule has 2 aliphatic rings. The van der Waals surface area contributed by atoms with Crippen LogP contribution in [0.2, 0.25) is 0 Å². The maximum Gasteiger partial charge on any atom is 0.239 e. The molecule has 0 saturated carbocycles. The van der Waals surface area contributed by atoms with Crippen molar-refractivity contribution in [2.75, 3.05) is 26.3 Å². The summed E-state index contributed by atoms with van der Waals surface area (Å²) in [5, 5.41) is 0. The Kier molecular flexibility index (Phi) is 8.98. The summed E-state index contributed by atoms with van der Waals surface area (Å²) >= 11 is 0. The molecule has 2 atom stereocenters. The van der Waals surface area contributed by atoms with Crippen molar-refractivity contribution in [1.29, 1.82) is 0 Å². The number of nitrogens with zero attached hydrogens (tertiary/aromatic N) is 3. The fourth-order valence-electron chi connectivity index (χ4n) is 4.77. The number of carbonyl (C=O) groups excluding carboxylic acids is 1. The Balaban J connectivity index is 0.00000160. The maximum absolute atomic E-state index is 13.1. The molecule has 2 aromatic rings. The van der Waals surface area contributed by atoms with E-state index in [0.29, 0.717) is 25.8 Å². The first-order valence-electron chi connectivity index (χ1n) is 10.6. The lowest BCUT2D eigenvalue weighted by atomic mass is 9.90. The van der Waals surface area contributed by atoms with Gasteiger partial charge in [-0.05, 0) is 57.6 Å². The zero-order chi connectivity index (χ0) is 19.7. The van der Waals surface area contributed by atoms with E-state index in [4.69, 9.17) is 15.5 Å². The van der Waals surface area contributed by atoms with E-state index in [1.165, 1.54) is 5.52 Å². The molecule has 2 saturated heterocycles. The summed E-state index contributed by atoms with van der Waals surface area (Å²) in [4.78, 5) is 20.0. The van der Waals surface area contributed by atoms with E-state index in [0.717, 1.165) is 43.6 Å². The molecule has 2 unspecified atom stereocenters. The molecule has 30 heavy (non-hydrogen) atoms. The average Bonchev–Trinajstić information content (AvgIpc) is 3.13. The quantitative estimate of drug-likeness (QED) is 0.756. The van der Waals surface area contributed by atoms with E-state index in [-0.39, 0.29) is 42.6 Å². The molecule has 8 heteroatoms. The van der Waals surface area contributed by atoms with Crippen LogP contribution >= 0.6 is 24.8 Å². The van der Waals surface area contributed by atoms with Gasteiger partial charge in [0.15, 0.2) is 0 Å². The second-order valence-electron chi connectivity index (χ2n) is 8.52. The highest BCUT2D eigenvalue weighted by Gasteiger charge is 2.34. The standard InChI is InChI=1S/C22H32N4O2.2ClH/c1-15(2)26-19-8-4-3-7-18(19)24-21(26)17-6-5-11-25(14-17)22(27)20(23)16-9-12-28-13-10-16;;/h3-4,7-8,15-17,20H,5-6,9-14,23H2,1-2H3;2*1H. The number of fused-ring (bicyclic) bond motifs is 1. The second-order valence-corrected chi connectivity index (χ2v) is 8.52. The third-order valence-electron chi connectivity index (χ3n) is 6.30. The van der Waals surface area contributed by atoms with Crippen LogP contribution in [0.1, 0.15) is 57.3 Å². The summed E-state index contributed by atoms with van der Waals surface area (Å²) in [6, 6.07) is 8.23. The topological polar surface area (TPSA) is 73.4 Å². The zero-order valence-corrected chi connectivity index (χ0v) is 19.5. The lowest BCUT2D eigenvalue weighted by molar-refractivity contribution is -0.136. The van der Waals surface area contributed by atoms with Crippen LogP contribution in [-0.4, -0.2) is 52.7 Å². The van der Waals surface area contributed by atoms with E-state index >= 15 is 0 Å². The first-order chi connectivity index (χ1) is 13.6. The van der Waals surface area contributed by atoms with Gasteiger partial charge < -0.3 is 19.9 Å². The number of benzene rings is 1.